The van der Waals surface area contributed by atoms with E-state index in [1.165, 1.54) is 38.8 Å². The molecule has 3 unspecified atom stereocenters. The van der Waals surface area contributed by atoms with Gasteiger partial charge in [0.2, 0.25) is 0 Å². The van der Waals surface area contributed by atoms with E-state index in [0.717, 1.165) is 25.5 Å². The van der Waals surface area contributed by atoms with E-state index >= 15 is 0 Å². The molecule has 0 spiro atoms. The van der Waals surface area contributed by atoms with E-state index in [4.69, 9.17) is 4.74 Å². The average Bonchev–Trinajstić information content (AvgIpc) is 2.93. The Morgan fingerprint density at radius 1 is 1.26 bits per heavy atom. The number of nitrogens with one attached hydrogen (secondary N) is 1. The largest absolute Gasteiger partial charge is 0.378 e. The van der Waals surface area contributed by atoms with Gasteiger partial charge in [0, 0.05) is 25.2 Å². The normalized spacial score (nSPS) is 30.9. The van der Waals surface area contributed by atoms with Gasteiger partial charge in [-0.3, -0.25) is 4.90 Å². The van der Waals surface area contributed by atoms with Crippen molar-refractivity contribution in [2.24, 2.45) is 5.92 Å². The highest BCUT2D eigenvalue weighted by Gasteiger charge is 2.26. The first-order valence-corrected chi connectivity index (χ1v) is 8.29. The van der Waals surface area contributed by atoms with Gasteiger partial charge in [-0.25, -0.2) is 0 Å². The summed E-state index contributed by atoms with van der Waals surface area (Å²) in [7, 11) is 0. The van der Waals surface area contributed by atoms with Crippen LogP contribution in [-0.4, -0.2) is 49.3 Å². The fraction of sp³-hybridized carbons (Fsp3) is 1.00. The minimum atomic E-state index is 0.482. The van der Waals surface area contributed by atoms with Gasteiger partial charge < -0.3 is 10.1 Å². The molecule has 0 aromatic carbocycles. The van der Waals surface area contributed by atoms with Gasteiger partial charge in [0.15, 0.2) is 0 Å². The van der Waals surface area contributed by atoms with Crippen LogP contribution in [-0.2, 0) is 4.74 Å². The highest BCUT2D eigenvalue weighted by molar-refractivity contribution is 4.84. The van der Waals surface area contributed by atoms with Crippen LogP contribution >= 0.6 is 0 Å². The lowest BCUT2D eigenvalue weighted by Crippen LogP contribution is -2.48. The molecule has 19 heavy (non-hydrogen) atoms. The van der Waals surface area contributed by atoms with Gasteiger partial charge in [0.1, 0.15) is 0 Å². The van der Waals surface area contributed by atoms with Crippen molar-refractivity contribution in [3.05, 3.63) is 0 Å². The van der Waals surface area contributed by atoms with E-state index in [-0.39, 0.29) is 0 Å². The van der Waals surface area contributed by atoms with Crippen molar-refractivity contribution in [1.29, 1.82) is 0 Å². The molecule has 0 aromatic rings. The number of likely N-dealkylation sites (tertiary alicyclic amines) is 1. The van der Waals surface area contributed by atoms with Crippen LogP contribution in [0.2, 0.25) is 0 Å². The van der Waals surface area contributed by atoms with Crippen LogP contribution < -0.4 is 5.32 Å². The Balaban J connectivity index is 1.78. The van der Waals surface area contributed by atoms with Gasteiger partial charge in [-0.1, -0.05) is 20.8 Å². The molecule has 2 fully saturated rings. The quantitative estimate of drug-likeness (QED) is 0.801. The van der Waals surface area contributed by atoms with Crippen molar-refractivity contribution in [2.75, 3.05) is 26.2 Å². The van der Waals surface area contributed by atoms with Crippen molar-refractivity contribution < 1.29 is 4.74 Å². The smallest absolute Gasteiger partial charge is 0.0587 e. The van der Waals surface area contributed by atoms with E-state index in [1.54, 1.807) is 0 Å². The molecule has 1 N–H and O–H groups in total. The predicted molar refractivity (Wildman–Crippen MR) is 80.5 cm³/mol. The number of ether oxygens (including phenoxy) is 1. The van der Waals surface area contributed by atoms with Crippen molar-refractivity contribution >= 4 is 0 Å². The van der Waals surface area contributed by atoms with Crippen LogP contribution in [0.4, 0.5) is 0 Å². The summed E-state index contributed by atoms with van der Waals surface area (Å²) in [6.45, 7) is 11.7. The molecule has 2 aliphatic heterocycles. The maximum Gasteiger partial charge on any atom is 0.0587 e. The zero-order chi connectivity index (χ0) is 13.7. The first-order valence-electron chi connectivity index (χ1n) is 8.29. The number of hydrogen-bond donors (Lipinski definition) is 1. The maximum atomic E-state index is 5.76. The molecule has 0 aromatic heterocycles. The minimum absolute atomic E-state index is 0.482. The highest BCUT2D eigenvalue weighted by Crippen LogP contribution is 2.19. The van der Waals surface area contributed by atoms with Crippen LogP contribution in [0.15, 0.2) is 0 Å². The summed E-state index contributed by atoms with van der Waals surface area (Å²) in [6.07, 6.45) is 6.78. The Hall–Kier alpha value is -0.120. The Kier molecular flexibility index (Phi) is 6.11. The second kappa shape index (κ2) is 7.61. The SMILES string of the molecule is CCC1CC(NCC(C(C)C)N2CCCC2)CCO1. The molecule has 2 heterocycles. The van der Waals surface area contributed by atoms with Gasteiger partial charge in [0.25, 0.3) is 0 Å². The Labute approximate surface area is 119 Å². The standard InChI is InChI=1S/C16H32N2O/c1-4-15-11-14(7-10-19-15)17-12-16(13(2)3)18-8-5-6-9-18/h13-17H,4-12H2,1-3H3. The third-order valence-corrected chi connectivity index (χ3v) is 4.82. The van der Waals surface area contributed by atoms with E-state index in [1.807, 2.05) is 0 Å². The zero-order valence-electron chi connectivity index (χ0n) is 13.0. The molecule has 0 radical (unpaired) electrons. The molecule has 2 rings (SSSR count). The summed E-state index contributed by atoms with van der Waals surface area (Å²) < 4.78 is 5.76. The van der Waals surface area contributed by atoms with Crippen molar-refractivity contribution in [3.63, 3.8) is 0 Å². The van der Waals surface area contributed by atoms with Crippen LogP contribution in [0.5, 0.6) is 0 Å². The molecular formula is C16H32N2O. The van der Waals surface area contributed by atoms with E-state index in [0.29, 0.717) is 18.2 Å². The Bertz CT molecular complexity index is 251. The van der Waals surface area contributed by atoms with Crippen LogP contribution in [0, 0.1) is 5.92 Å². The van der Waals surface area contributed by atoms with E-state index < -0.39 is 0 Å². The topological polar surface area (TPSA) is 24.5 Å². The van der Waals surface area contributed by atoms with Gasteiger partial charge >= 0.3 is 0 Å². The monoisotopic (exact) mass is 268 g/mol. The summed E-state index contributed by atoms with van der Waals surface area (Å²) in [5, 5.41) is 3.82. The summed E-state index contributed by atoms with van der Waals surface area (Å²) in [4.78, 5) is 2.69. The zero-order valence-corrected chi connectivity index (χ0v) is 13.0. The third-order valence-electron chi connectivity index (χ3n) is 4.82. The molecule has 2 aliphatic rings. The lowest BCUT2D eigenvalue weighted by Gasteiger charge is -2.35. The second-order valence-corrected chi connectivity index (χ2v) is 6.59. The number of rotatable bonds is 6. The lowest BCUT2D eigenvalue weighted by molar-refractivity contribution is -0.00151. The first kappa shape index (κ1) is 15.3. The molecule has 112 valence electrons. The summed E-state index contributed by atoms with van der Waals surface area (Å²) in [6, 6.07) is 1.38. The molecule has 0 bridgehead atoms. The van der Waals surface area contributed by atoms with Gasteiger partial charge in [0.05, 0.1) is 6.10 Å². The van der Waals surface area contributed by atoms with Gasteiger partial charge in [-0.05, 0) is 51.1 Å². The molecular weight excluding hydrogens is 236 g/mol. The summed E-state index contributed by atoms with van der Waals surface area (Å²) in [5.41, 5.74) is 0. The van der Waals surface area contributed by atoms with Gasteiger partial charge in [-0.2, -0.15) is 0 Å². The van der Waals surface area contributed by atoms with Crippen LogP contribution in [0.25, 0.3) is 0 Å². The maximum absolute atomic E-state index is 5.76. The molecule has 0 aliphatic carbocycles. The molecule has 3 nitrogen and oxygen atoms in total. The van der Waals surface area contributed by atoms with E-state index in [9.17, 15) is 0 Å². The van der Waals surface area contributed by atoms with E-state index in [2.05, 4.69) is 31.0 Å². The van der Waals surface area contributed by atoms with Gasteiger partial charge in [-0.15, -0.1) is 0 Å². The Morgan fingerprint density at radius 3 is 2.63 bits per heavy atom. The predicted octanol–water partition coefficient (Wildman–Crippen LogP) is 2.65. The van der Waals surface area contributed by atoms with Crippen molar-refractivity contribution in [3.8, 4) is 0 Å². The molecule has 3 atom stereocenters. The lowest BCUT2D eigenvalue weighted by atomic mass is 9.99. The van der Waals surface area contributed by atoms with Crippen molar-refractivity contribution in [2.45, 2.75) is 71.1 Å². The van der Waals surface area contributed by atoms with Crippen LogP contribution in [0.1, 0.15) is 52.9 Å². The molecule has 2 saturated heterocycles. The second-order valence-electron chi connectivity index (χ2n) is 6.59. The highest BCUT2D eigenvalue weighted by atomic mass is 16.5. The Morgan fingerprint density at radius 2 is 2.00 bits per heavy atom. The average molecular weight is 268 g/mol. The fourth-order valence-electron chi connectivity index (χ4n) is 3.50. The minimum Gasteiger partial charge on any atom is -0.378 e. The first-order chi connectivity index (χ1) is 9.20. The fourth-order valence-corrected chi connectivity index (χ4v) is 3.50. The number of nitrogens with zero attached hydrogens (tertiary/aromatic N) is 1. The third kappa shape index (κ3) is 4.44. The van der Waals surface area contributed by atoms with Crippen molar-refractivity contribution in [1.82, 2.24) is 10.2 Å². The molecule has 0 amide bonds. The number of hydrogen-bond acceptors (Lipinski definition) is 3. The molecule has 3 heteroatoms. The van der Waals surface area contributed by atoms with Crippen LogP contribution in [0.3, 0.4) is 0 Å². The summed E-state index contributed by atoms with van der Waals surface area (Å²) >= 11 is 0. The molecule has 0 saturated carbocycles. The summed E-state index contributed by atoms with van der Waals surface area (Å²) in [5.74, 6) is 0.743.